The Hall–Kier alpha value is -2.62. The highest BCUT2D eigenvalue weighted by molar-refractivity contribution is 5.88. The minimum absolute atomic E-state index is 0.282. The van der Waals surface area contributed by atoms with Crippen molar-refractivity contribution in [1.82, 2.24) is 4.98 Å². The summed E-state index contributed by atoms with van der Waals surface area (Å²) in [5.41, 5.74) is 1.70. The first-order valence-electron chi connectivity index (χ1n) is 6.41. The summed E-state index contributed by atoms with van der Waals surface area (Å²) in [5.74, 6) is 0.211. The van der Waals surface area contributed by atoms with Crippen LogP contribution in [-0.2, 0) is 4.74 Å². The number of ether oxygens (including phenoxy) is 1. The third kappa shape index (κ3) is 2.28. The predicted octanol–water partition coefficient (Wildman–Crippen LogP) is 3.67. The van der Waals surface area contributed by atoms with E-state index < -0.39 is 5.97 Å². The van der Waals surface area contributed by atoms with Gasteiger partial charge in [-0.05, 0) is 31.2 Å². The van der Waals surface area contributed by atoms with Crippen LogP contribution in [0.15, 0.2) is 52.9 Å². The summed E-state index contributed by atoms with van der Waals surface area (Å²) in [6.07, 6.45) is 0. The van der Waals surface area contributed by atoms with E-state index in [-0.39, 0.29) is 5.69 Å². The van der Waals surface area contributed by atoms with E-state index in [0.29, 0.717) is 18.1 Å². The first-order valence-corrected chi connectivity index (χ1v) is 6.41. The smallest absolute Gasteiger partial charge is 0.356 e. The number of aromatic nitrogens is 1. The van der Waals surface area contributed by atoms with Gasteiger partial charge in [-0.2, -0.15) is 0 Å². The fourth-order valence-corrected chi connectivity index (χ4v) is 2.00. The van der Waals surface area contributed by atoms with Crippen molar-refractivity contribution >= 4 is 16.9 Å². The highest BCUT2D eigenvalue weighted by Gasteiger charge is 2.12. The molecule has 4 heteroatoms. The number of benzene rings is 1. The second-order valence-corrected chi connectivity index (χ2v) is 4.28. The Kier molecular flexibility index (Phi) is 3.21. The molecule has 3 rings (SSSR count). The summed E-state index contributed by atoms with van der Waals surface area (Å²) < 4.78 is 10.7. The number of furan rings is 1. The van der Waals surface area contributed by atoms with Gasteiger partial charge in [0.2, 0.25) is 0 Å². The molecule has 3 aromatic rings. The predicted molar refractivity (Wildman–Crippen MR) is 75.4 cm³/mol. The minimum Gasteiger partial charge on any atom is -0.461 e. The maximum Gasteiger partial charge on any atom is 0.356 e. The molecule has 0 saturated heterocycles. The second kappa shape index (κ2) is 5.17. The molecule has 0 unspecified atom stereocenters. The highest BCUT2D eigenvalue weighted by Crippen LogP contribution is 2.26. The second-order valence-electron chi connectivity index (χ2n) is 4.28. The molecule has 0 bridgehead atoms. The van der Waals surface area contributed by atoms with E-state index in [9.17, 15) is 4.79 Å². The molecule has 0 aliphatic heterocycles. The van der Waals surface area contributed by atoms with E-state index in [0.717, 1.165) is 11.0 Å². The molecule has 0 aliphatic rings. The number of rotatable bonds is 3. The van der Waals surface area contributed by atoms with Gasteiger partial charge in [0.25, 0.3) is 0 Å². The number of carbonyl (C=O) groups excluding carboxylic acids is 1. The van der Waals surface area contributed by atoms with Gasteiger partial charge in [0.05, 0.1) is 6.61 Å². The van der Waals surface area contributed by atoms with E-state index >= 15 is 0 Å². The van der Waals surface area contributed by atoms with Crippen molar-refractivity contribution in [3.05, 3.63) is 54.2 Å². The van der Waals surface area contributed by atoms with Crippen LogP contribution >= 0.6 is 0 Å². The lowest BCUT2D eigenvalue weighted by Gasteiger charge is -2.02. The molecule has 100 valence electrons. The Balaban J connectivity index is 2.01. The SMILES string of the molecule is CCOC(=O)c1cccc(-c2cc3ccccc3o2)n1. The van der Waals surface area contributed by atoms with Gasteiger partial charge in [-0.25, -0.2) is 9.78 Å². The quantitative estimate of drug-likeness (QED) is 0.679. The molecule has 0 amide bonds. The number of fused-ring (bicyclic) bond motifs is 1. The molecule has 0 saturated carbocycles. The molecule has 20 heavy (non-hydrogen) atoms. The van der Waals surface area contributed by atoms with Gasteiger partial charge in [0.15, 0.2) is 5.76 Å². The summed E-state index contributed by atoms with van der Waals surface area (Å²) in [6, 6.07) is 14.8. The zero-order valence-electron chi connectivity index (χ0n) is 11.0. The third-order valence-electron chi connectivity index (χ3n) is 2.91. The van der Waals surface area contributed by atoms with Crippen LogP contribution in [0, 0.1) is 0 Å². The standard InChI is InChI=1S/C16H13NO3/c1-2-19-16(18)13-8-5-7-12(17-13)15-10-11-6-3-4-9-14(11)20-15/h3-10H,2H2,1H3. The molecular formula is C16H13NO3. The van der Waals surface area contributed by atoms with Crippen LogP contribution < -0.4 is 0 Å². The molecule has 0 aliphatic carbocycles. The fraction of sp³-hybridized carbons (Fsp3) is 0.125. The molecule has 0 N–H and O–H groups in total. The number of nitrogens with zero attached hydrogens (tertiary/aromatic N) is 1. The number of hydrogen-bond donors (Lipinski definition) is 0. The zero-order valence-corrected chi connectivity index (χ0v) is 11.0. The Bertz CT molecular complexity index is 728. The van der Waals surface area contributed by atoms with E-state index in [1.807, 2.05) is 30.3 Å². The third-order valence-corrected chi connectivity index (χ3v) is 2.91. The van der Waals surface area contributed by atoms with E-state index in [1.54, 1.807) is 25.1 Å². The van der Waals surface area contributed by atoms with Gasteiger partial charge in [-0.1, -0.05) is 24.3 Å². The monoisotopic (exact) mass is 267 g/mol. The van der Waals surface area contributed by atoms with E-state index in [1.165, 1.54) is 0 Å². The molecule has 0 atom stereocenters. The average Bonchev–Trinajstić information content (AvgIpc) is 2.91. The number of para-hydroxylation sites is 1. The van der Waals surface area contributed by atoms with Crippen molar-refractivity contribution in [3.8, 4) is 11.5 Å². The lowest BCUT2D eigenvalue weighted by molar-refractivity contribution is 0.0519. The van der Waals surface area contributed by atoms with Gasteiger partial charge in [0.1, 0.15) is 17.0 Å². The maximum absolute atomic E-state index is 11.7. The lowest BCUT2D eigenvalue weighted by atomic mass is 10.2. The van der Waals surface area contributed by atoms with E-state index in [2.05, 4.69) is 4.98 Å². The molecule has 2 heterocycles. The van der Waals surface area contributed by atoms with Crippen molar-refractivity contribution in [2.75, 3.05) is 6.61 Å². The van der Waals surface area contributed by atoms with Crippen LogP contribution in [-0.4, -0.2) is 17.6 Å². The Morgan fingerprint density at radius 1 is 1.20 bits per heavy atom. The molecule has 4 nitrogen and oxygen atoms in total. The zero-order chi connectivity index (χ0) is 13.9. The summed E-state index contributed by atoms with van der Waals surface area (Å²) in [7, 11) is 0. The molecular weight excluding hydrogens is 254 g/mol. The van der Waals surface area contributed by atoms with E-state index in [4.69, 9.17) is 9.15 Å². The van der Waals surface area contributed by atoms with Crippen molar-refractivity contribution in [2.24, 2.45) is 0 Å². The van der Waals surface area contributed by atoms with Crippen LogP contribution in [0.1, 0.15) is 17.4 Å². The first-order chi connectivity index (χ1) is 9.78. The van der Waals surface area contributed by atoms with Gasteiger partial charge in [0, 0.05) is 5.39 Å². The summed E-state index contributed by atoms with van der Waals surface area (Å²) >= 11 is 0. The highest BCUT2D eigenvalue weighted by atomic mass is 16.5. The number of hydrogen-bond acceptors (Lipinski definition) is 4. The van der Waals surface area contributed by atoms with Crippen molar-refractivity contribution in [3.63, 3.8) is 0 Å². The summed E-state index contributed by atoms with van der Waals surface area (Å²) in [4.78, 5) is 16.0. The van der Waals surface area contributed by atoms with Gasteiger partial charge in [-0.3, -0.25) is 0 Å². The molecule has 2 aromatic heterocycles. The Morgan fingerprint density at radius 2 is 2.05 bits per heavy atom. The van der Waals surface area contributed by atoms with Crippen LogP contribution in [0.5, 0.6) is 0 Å². The van der Waals surface area contributed by atoms with Gasteiger partial charge >= 0.3 is 5.97 Å². The van der Waals surface area contributed by atoms with Crippen molar-refractivity contribution in [1.29, 1.82) is 0 Å². The maximum atomic E-state index is 11.7. The number of pyridine rings is 1. The summed E-state index contributed by atoms with van der Waals surface area (Å²) in [6.45, 7) is 2.09. The largest absolute Gasteiger partial charge is 0.461 e. The molecule has 0 radical (unpaired) electrons. The lowest BCUT2D eigenvalue weighted by Crippen LogP contribution is -2.07. The molecule has 0 spiro atoms. The number of carbonyl (C=O) groups is 1. The van der Waals surface area contributed by atoms with Crippen LogP contribution in [0.25, 0.3) is 22.4 Å². The molecule has 1 aromatic carbocycles. The van der Waals surface area contributed by atoms with Crippen LogP contribution in [0.3, 0.4) is 0 Å². The van der Waals surface area contributed by atoms with Crippen LogP contribution in [0.4, 0.5) is 0 Å². The van der Waals surface area contributed by atoms with Crippen molar-refractivity contribution in [2.45, 2.75) is 6.92 Å². The van der Waals surface area contributed by atoms with Crippen LogP contribution in [0.2, 0.25) is 0 Å². The normalized spacial score (nSPS) is 10.7. The van der Waals surface area contributed by atoms with Gasteiger partial charge in [-0.15, -0.1) is 0 Å². The Labute approximate surface area is 116 Å². The average molecular weight is 267 g/mol. The van der Waals surface area contributed by atoms with Gasteiger partial charge < -0.3 is 9.15 Å². The first kappa shape index (κ1) is 12.4. The minimum atomic E-state index is -0.425. The topological polar surface area (TPSA) is 52.3 Å². The Morgan fingerprint density at radius 3 is 2.85 bits per heavy atom. The summed E-state index contributed by atoms with van der Waals surface area (Å²) in [5, 5.41) is 1.01. The fourth-order valence-electron chi connectivity index (χ4n) is 2.00. The number of esters is 1. The molecule has 0 fully saturated rings. The van der Waals surface area contributed by atoms with Crippen molar-refractivity contribution < 1.29 is 13.9 Å².